The minimum absolute atomic E-state index is 0. The van der Waals surface area contributed by atoms with Gasteiger partial charge < -0.3 is 21.5 Å². The van der Waals surface area contributed by atoms with Crippen molar-refractivity contribution in [2.24, 2.45) is 0 Å². The zero-order valence-electron chi connectivity index (χ0n) is 19.9. The van der Waals surface area contributed by atoms with E-state index < -0.39 is 0 Å². The number of unbranched alkanes of at least 4 members (excludes halogenated alkanes) is 11. The minimum atomic E-state index is 0. The third kappa shape index (κ3) is 16.1. The molecule has 0 aromatic heterocycles. The van der Waals surface area contributed by atoms with E-state index in [2.05, 4.69) is 51.2 Å². The number of rotatable bonds is 19. The molecule has 0 unspecified atom stereocenters. The lowest BCUT2D eigenvalue weighted by Crippen LogP contribution is -3.00. The molecule has 0 aliphatic carbocycles. The quantitative estimate of drug-likeness (QED) is 0.194. The summed E-state index contributed by atoms with van der Waals surface area (Å²) in [4.78, 5) is 0. The Morgan fingerprint density at radius 2 is 0.966 bits per heavy atom. The molecule has 1 aromatic rings. The number of hydrogen-bond acceptors (Lipinski definition) is 0. The lowest BCUT2D eigenvalue weighted by molar-refractivity contribution is -0.910. The number of quaternary nitrogens is 1. The van der Waals surface area contributed by atoms with Crippen molar-refractivity contribution in [3.63, 3.8) is 0 Å². The van der Waals surface area contributed by atoms with E-state index in [4.69, 9.17) is 0 Å². The lowest BCUT2D eigenvalue weighted by atomic mass is 10.1. The maximum Gasteiger partial charge on any atom is 0.0784 e. The van der Waals surface area contributed by atoms with Gasteiger partial charge in [0.15, 0.2) is 0 Å². The molecule has 170 valence electrons. The largest absolute Gasteiger partial charge is 1.00 e. The van der Waals surface area contributed by atoms with Gasteiger partial charge in [-0.2, -0.15) is 0 Å². The molecular weight excluding hydrogens is 418 g/mol. The van der Waals surface area contributed by atoms with Crippen LogP contribution >= 0.6 is 0 Å². The third-order valence-electron chi connectivity index (χ3n) is 6.36. The summed E-state index contributed by atoms with van der Waals surface area (Å²) in [5.41, 5.74) is 1.50. The topological polar surface area (TPSA) is 0 Å². The second-order valence-corrected chi connectivity index (χ2v) is 9.27. The number of benzene rings is 1. The number of halogens is 1. The average molecular weight is 469 g/mol. The Morgan fingerprint density at radius 1 is 0.552 bits per heavy atom. The van der Waals surface area contributed by atoms with E-state index in [1.807, 2.05) is 0 Å². The van der Waals surface area contributed by atoms with Crippen LogP contribution in [0.1, 0.15) is 109 Å². The molecule has 0 radical (unpaired) electrons. The van der Waals surface area contributed by atoms with Crippen molar-refractivity contribution in [3.8, 4) is 0 Å². The van der Waals surface area contributed by atoms with Crippen LogP contribution in [0.2, 0.25) is 0 Å². The summed E-state index contributed by atoms with van der Waals surface area (Å²) >= 11 is 0. The highest BCUT2D eigenvalue weighted by Gasteiger charge is 2.20. The van der Waals surface area contributed by atoms with Crippen LogP contribution in [0.4, 0.5) is 0 Å². The molecule has 0 heterocycles. The molecule has 1 aromatic carbocycles. The third-order valence-corrected chi connectivity index (χ3v) is 6.36. The molecule has 0 aliphatic heterocycles. The van der Waals surface area contributed by atoms with Gasteiger partial charge >= 0.3 is 0 Å². The Kier molecular flexibility index (Phi) is 19.4. The standard InChI is InChI=1S/C27H50N.BrH/c1-4-6-8-10-12-18-24-28(3,25-19-13-11-9-7-5-2)26-20-17-23-27-21-15-14-16-22-27;/h14-16,21-22H,4-13,17-20,23-26H2,1-3H3;1H/q+1;/p-1. The molecule has 0 aliphatic rings. The van der Waals surface area contributed by atoms with Crippen LogP contribution in [0, 0.1) is 0 Å². The second-order valence-electron chi connectivity index (χ2n) is 9.27. The zero-order valence-corrected chi connectivity index (χ0v) is 21.5. The fourth-order valence-corrected chi connectivity index (χ4v) is 4.35. The summed E-state index contributed by atoms with van der Waals surface area (Å²) in [7, 11) is 2.54. The Hall–Kier alpha value is -0.340. The monoisotopic (exact) mass is 467 g/mol. The Morgan fingerprint density at radius 3 is 1.45 bits per heavy atom. The van der Waals surface area contributed by atoms with Gasteiger partial charge in [0.1, 0.15) is 0 Å². The van der Waals surface area contributed by atoms with Crippen molar-refractivity contribution in [1.82, 2.24) is 0 Å². The summed E-state index contributed by atoms with van der Waals surface area (Å²) in [6.45, 7) is 8.78. The first-order valence-electron chi connectivity index (χ1n) is 12.6. The van der Waals surface area contributed by atoms with Gasteiger partial charge in [-0.3, -0.25) is 0 Å². The maximum absolute atomic E-state index is 2.54. The van der Waals surface area contributed by atoms with Gasteiger partial charge in [-0.1, -0.05) is 95.5 Å². The number of aryl methyl sites for hydroxylation is 1. The highest BCUT2D eigenvalue weighted by atomic mass is 79.9. The number of hydrogen-bond donors (Lipinski definition) is 0. The molecule has 0 amide bonds. The van der Waals surface area contributed by atoms with E-state index in [9.17, 15) is 0 Å². The molecule has 1 rings (SSSR count). The van der Waals surface area contributed by atoms with Crippen molar-refractivity contribution in [2.45, 2.75) is 110 Å². The predicted octanol–water partition coefficient (Wildman–Crippen LogP) is 5.18. The SMILES string of the molecule is CCCCCCCC[N+](C)(CCCCCCCC)CCCCc1ccccc1.[Br-]. The molecule has 1 nitrogen and oxygen atoms in total. The van der Waals surface area contributed by atoms with Gasteiger partial charge in [0.05, 0.1) is 26.7 Å². The summed E-state index contributed by atoms with van der Waals surface area (Å²) in [5, 5.41) is 0. The van der Waals surface area contributed by atoms with Gasteiger partial charge in [-0.25, -0.2) is 0 Å². The zero-order chi connectivity index (χ0) is 20.3. The normalized spacial score (nSPS) is 11.4. The van der Waals surface area contributed by atoms with Crippen LogP contribution in [0.5, 0.6) is 0 Å². The van der Waals surface area contributed by atoms with Gasteiger partial charge in [-0.05, 0) is 50.5 Å². The Labute approximate surface area is 194 Å². The second kappa shape index (κ2) is 19.6. The van der Waals surface area contributed by atoms with E-state index in [0.717, 1.165) is 0 Å². The molecule has 0 bridgehead atoms. The molecule has 29 heavy (non-hydrogen) atoms. The van der Waals surface area contributed by atoms with Gasteiger partial charge in [0.25, 0.3) is 0 Å². The lowest BCUT2D eigenvalue weighted by Gasteiger charge is -2.35. The first-order chi connectivity index (χ1) is 13.7. The highest BCUT2D eigenvalue weighted by Crippen LogP contribution is 2.16. The van der Waals surface area contributed by atoms with Crippen LogP contribution in [-0.2, 0) is 6.42 Å². The molecule has 2 heteroatoms. The highest BCUT2D eigenvalue weighted by molar-refractivity contribution is 5.14. The van der Waals surface area contributed by atoms with E-state index in [1.54, 1.807) is 0 Å². The molecular formula is C27H50BrN. The van der Waals surface area contributed by atoms with Gasteiger partial charge in [0.2, 0.25) is 0 Å². The molecule has 0 N–H and O–H groups in total. The first kappa shape index (κ1) is 28.7. The smallest absolute Gasteiger partial charge is 0.0784 e. The van der Waals surface area contributed by atoms with Crippen molar-refractivity contribution in [2.75, 3.05) is 26.7 Å². The molecule has 0 atom stereocenters. The van der Waals surface area contributed by atoms with Crippen molar-refractivity contribution in [1.29, 1.82) is 0 Å². The van der Waals surface area contributed by atoms with Gasteiger partial charge in [0, 0.05) is 0 Å². The molecule has 0 fully saturated rings. The summed E-state index contributed by atoms with van der Waals surface area (Å²) in [6.07, 6.45) is 21.0. The van der Waals surface area contributed by atoms with E-state index in [-0.39, 0.29) is 17.0 Å². The van der Waals surface area contributed by atoms with Crippen LogP contribution in [0.3, 0.4) is 0 Å². The Bertz CT molecular complexity index is 429. The summed E-state index contributed by atoms with van der Waals surface area (Å²) in [5.74, 6) is 0. The van der Waals surface area contributed by atoms with Crippen LogP contribution in [0.25, 0.3) is 0 Å². The molecule has 0 saturated carbocycles. The van der Waals surface area contributed by atoms with Crippen LogP contribution < -0.4 is 17.0 Å². The van der Waals surface area contributed by atoms with Gasteiger partial charge in [-0.15, -0.1) is 0 Å². The van der Waals surface area contributed by atoms with Crippen molar-refractivity contribution in [3.05, 3.63) is 35.9 Å². The maximum atomic E-state index is 2.54. The van der Waals surface area contributed by atoms with E-state index in [1.165, 1.54) is 126 Å². The fourth-order valence-electron chi connectivity index (χ4n) is 4.35. The van der Waals surface area contributed by atoms with Crippen molar-refractivity contribution >= 4 is 0 Å². The minimum Gasteiger partial charge on any atom is -1.00 e. The summed E-state index contributed by atoms with van der Waals surface area (Å²) in [6, 6.07) is 11.0. The fraction of sp³-hybridized carbons (Fsp3) is 0.778. The van der Waals surface area contributed by atoms with E-state index in [0.29, 0.717) is 0 Å². The van der Waals surface area contributed by atoms with Crippen LogP contribution in [0.15, 0.2) is 30.3 Å². The van der Waals surface area contributed by atoms with Crippen LogP contribution in [-0.4, -0.2) is 31.2 Å². The Balaban J connectivity index is 0.00000784. The number of nitrogens with zero attached hydrogens (tertiary/aromatic N) is 1. The first-order valence-corrected chi connectivity index (χ1v) is 12.6. The average Bonchev–Trinajstić information content (AvgIpc) is 2.71. The van der Waals surface area contributed by atoms with Crippen molar-refractivity contribution < 1.29 is 21.5 Å². The molecule has 0 spiro atoms. The predicted molar refractivity (Wildman–Crippen MR) is 127 cm³/mol. The molecule has 0 saturated heterocycles. The van der Waals surface area contributed by atoms with E-state index >= 15 is 0 Å². The summed E-state index contributed by atoms with van der Waals surface area (Å²) < 4.78 is 1.32.